The Labute approximate surface area is 92.9 Å². The van der Waals surface area contributed by atoms with E-state index < -0.39 is 0 Å². The van der Waals surface area contributed by atoms with Gasteiger partial charge in [0.15, 0.2) is 0 Å². The first-order valence-electron chi connectivity index (χ1n) is 6.22. The SMILES string of the molecule is c1ccc(CCNC2CCCCC2)cc1. The Bertz CT molecular complexity index is 262. The van der Waals surface area contributed by atoms with Crippen molar-refractivity contribution in [2.75, 3.05) is 6.54 Å². The van der Waals surface area contributed by atoms with Crippen LogP contribution in [0.4, 0.5) is 0 Å². The second-order valence-electron chi connectivity index (χ2n) is 4.52. The van der Waals surface area contributed by atoms with Crippen LogP contribution in [0.25, 0.3) is 0 Å². The zero-order valence-electron chi connectivity index (χ0n) is 9.41. The number of hydrogen-bond acceptors (Lipinski definition) is 1. The molecule has 0 amide bonds. The van der Waals surface area contributed by atoms with Crippen molar-refractivity contribution >= 4 is 0 Å². The molecule has 1 aromatic rings. The number of hydrogen-bond donors (Lipinski definition) is 1. The summed E-state index contributed by atoms with van der Waals surface area (Å²) in [5.74, 6) is 0. The monoisotopic (exact) mass is 203 g/mol. The van der Waals surface area contributed by atoms with E-state index in [0.29, 0.717) is 0 Å². The smallest absolute Gasteiger partial charge is 0.00671 e. The predicted molar refractivity (Wildman–Crippen MR) is 65.0 cm³/mol. The van der Waals surface area contributed by atoms with Gasteiger partial charge in [-0.05, 0) is 31.4 Å². The van der Waals surface area contributed by atoms with Gasteiger partial charge in [-0.1, -0.05) is 49.6 Å². The van der Waals surface area contributed by atoms with Crippen LogP contribution in [-0.4, -0.2) is 12.6 Å². The first-order chi connectivity index (χ1) is 7.45. The molecule has 0 heterocycles. The maximum atomic E-state index is 3.67. The molecule has 0 atom stereocenters. The maximum absolute atomic E-state index is 3.67. The van der Waals surface area contributed by atoms with Gasteiger partial charge in [0.1, 0.15) is 0 Å². The predicted octanol–water partition coefficient (Wildman–Crippen LogP) is 3.15. The summed E-state index contributed by atoms with van der Waals surface area (Å²) in [6, 6.07) is 11.5. The van der Waals surface area contributed by atoms with Crippen molar-refractivity contribution in [3.8, 4) is 0 Å². The molecule has 1 nitrogen and oxygen atoms in total. The molecule has 0 spiro atoms. The molecule has 1 aliphatic rings. The Kier molecular flexibility index (Phi) is 4.22. The topological polar surface area (TPSA) is 12.0 Å². The first-order valence-corrected chi connectivity index (χ1v) is 6.22. The highest BCUT2D eigenvalue weighted by Gasteiger charge is 2.11. The molecule has 1 fully saturated rings. The van der Waals surface area contributed by atoms with Crippen molar-refractivity contribution in [2.45, 2.75) is 44.6 Å². The van der Waals surface area contributed by atoms with E-state index in [4.69, 9.17) is 0 Å². The molecule has 1 N–H and O–H groups in total. The Morgan fingerprint density at radius 3 is 2.47 bits per heavy atom. The van der Waals surface area contributed by atoms with E-state index in [0.717, 1.165) is 19.0 Å². The van der Waals surface area contributed by atoms with Crippen LogP contribution in [0, 0.1) is 0 Å². The Morgan fingerprint density at radius 2 is 1.73 bits per heavy atom. The fourth-order valence-electron chi connectivity index (χ4n) is 2.37. The van der Waals surface area contributed by atoms with E-state index in [9.17, 15) is 0 Å². The summed E-state index contributed by atoms with van der Waals surface area (Å²) in [7, 11) is 0. The molecule has 15 heavy (non-hydrogen) atoms. The van der Waals surface area contributed by atoms with Crippen molar-refractivity contribution < 1.29 is 0 Å². The first kappa shape index (κ1) is 10.7. The lowest BCUT2D eigenvalue weighted by Crippen LogP contribution is -2.32. The third-order valence-electron chi connectivity index (χ3n) is 3.29. The number of nitrogens with one attached hydrogen (secondary N) is 1. The van der Waals surface area contributed by atoms with Crippen LogP contribution in [0.5, 0.6) is 0 Å². The number of rotatable bonds is 4. The van der Waals surface area contributed by atoms with Gasteiger partial charge in [0.2, 0.25) is 0 Å². The van der Waals surface area contributed by atoms with Crippen LogP contribution in [0.1, 0.15) is 37.7 Å². The van der Waals surface area contributed by atoms with Crippen LogP contribution in [0.2, 0.25) is 0 Å². The minimum atomic E-state index is 0.794. The summed E-state index contributed by atoms with van der Waals surface area (Å²) in [4.78, 5) is 0. The Hall–Kier alpha value is -0.820. The second-order valence-corrected chi connectivity index (χ2v) is 4.52. The highest BCUT2D eigenvalue weighted by atomic mass is 14.9. The van der Waals surface area contributed by atoms with Crippen LogP contribution < -0.4 is 5.32 Å². The summed E-state index contributed by atoms with van der Waals surface area (Å²) in [6.45, 7) is 1.13. The lowest BCUT2D eigenvalue weighted by Gasteiger charge is -2.22. The maximum Gasteiger partial charge on any atom is 0.00671 e. The lowest BCUT2D eigenvalue weighted by atomic mass is 9.95. The third-order valence-corrected chi connectivity index (χ3v) is 3.29. The van der Waals surface area contributed by atoms with Gasteiger partial charge < -0.3 is 5.32 Å². The molecule has 0 aromatic heterocycles. The van der Waals surface area contributed by atoms with E-state index >= 15 is 0 Å². The lowest BCUT2D eigenvalue weighted by molar-refractivity contribution is 0.375. The zero-order valence-corrected chi connectivity index (χ0v) is 9.41. The van der Waals surface area contributed by atoms with Crippen molar-refractivity contribution in [2.24, 2.45) is 0 Å². The fraction of sp³-hybridized carbons (Fsp3) is 0.571. The average molecular weight is 203 g/mol. The van der Waals surface area contributed by atoms with E-state index in [1.165, 1.54) is 37.7 Å². The minimum absolute atomic E-state index is 0.794. The molecular weight excluding hydrogens is 182 g/mol. The third kappa shape index (κ3) is 3.67. The molecule has 1 heteroatoms. The molecule has 0 bridgehead atoms. The van der Waals surface area contributed by atoms with E-state index in [-0.39, 0.29) is 0 Å². The van der Waals surface area contributed by atoms with Gasteiger partial charge in [0.05, 0.1) is 0 Å². The van der Waals surface area contributed by atoms with Crippen LogP contribution in [0.3, 0.4) is 0 Å². The second kappa shape index (κ2) is 5.92. The standard InChI is InChI=1S/C14H21N/c1-3-7-13(8-4-1)11-12-15-14-9-5-2-6-10-14/h1,3-4,7-8,14-15H,2,5-6,9-12H2. The van der Waals surface area contributed by atoms with E-state index in [1.807, 2.05) is 0 Å². The molecule has 1 aliphatic carbocycles. The quantitative estimate of drug-likeness (QED) is 0.792. The fourth-order valence-corrected chi connectivity index (χ4v) is 2.37. The average Bonchev–Trinajstić information content (AvgIpc) is 2.32. The largest absolute Gasteiger partial charge is 0.314 e. The Balaban J connectivity index is 1.66. The van der Waals surface area contributed by atoms with Gasteiger partial charge >= 0.3 is 0 Å². The molecular formula is C14H21N. The molecule has 0 aliphatic heterocycles. The van der Waals surface area contributed by atoms with Gasteiger partial charge in [0, 0.05) is 6.04 Å². The summed E-state index contributed by atoms with van der Waals surface area (Å²) in [5, 5.41) is 3.67. The van der Waals surface area contributed by atoms with Crippen LogP contribution in [-0.2, 0) is 6.42 Å². The molecule has 1 saturated carbocycles. The minimum Gasteiger partial charge on any atom is -0.314 e. The van der Waals surface area contributed by atoms with E-state index in [2.05, 4.69) is 35.6 Å². The molecule has 0 saturated heterocycles. The van der Waals surface area contributed by atoms with Crippen molar-refractivity contribution in [3.05, 3.63) is 35.9 Å². The molecule has 82 valence electrons. The zero-order chi connectivity index (χ0) is 10.3. The number of benzene rings is 1. The summed E-state index contributed by atoms with van der Waals surface area (Å²) < 4.78 is 0. The van der Waals surface area contributed by atoms with Gasteiger partial charge in [-0.3, -0.25) is 0 Å². The molecule has 0 unspecified atom stereocenters. The highest BCUT2D eigenvalue weighted by Crippen LogP contribution is 2.17. The van der Waals surface area contributed by atoms with E-state index in [1.54, 1.807) is 0 Å². The van der Waals surface area contributed by atoms with Crippen molar-refractivity contribution in [1.82, 2.24) is 5.32 Å². The van der Waals surface area contributed by atoms with Gasteiger partial charge in [-0.2, -0.15) is 0 Å². The summed E-state index contributed by atoms with van der Waals surface area (Å²) in [5.41, 5.74) is 1.45. The van der Waals surface area contributed by atoms with Crippen LogP contribution >= 0.6 is 0 Å². The van der Waals surface area contributed by atoms with Crippen molar-refractivity contribution in [1.29, 1.82) is 0 Å². The summed E-state index contributed by atoms with van der Waals surface area (Å²) in [6.07, 6.45) is 8.21. The summed E-state index contributed by atoms with van der Waals surface area (Å²) >= 11 is 0. The van der Waals surface area contributed by atoms with Gasteiger partial charge in [0.25, 0.3) is 0 Å². The van der Waals surface area contributed by atoms with Crippen LogP contribution in [0.15, 0.2) is 30.3 Å². The van der Waals surface area contributed by atoms with Gasteiger partial charge in [-0.15, -0.1) is 0 Å². The van der Waals surface area contributed by atoms with Crippen molar-refractivity contribution in [3.63, 3.8) is 0 Å². The highest BCUT2D eigenvalue weighted by molar-refractivity contribution is 5.14. The normalized spacial score (nSPS) is 17.9. The van der Waals surface area contributed by atoms with Gasteiger partial charge in [-0.25, -0.2) is 0 Å². The molecule has 2 rings (SSSR count). The Morgan fingerprint density at radius 1 is 1.00 bits per heavy atom. The molecule has 0 radical (unpaired) electrons. The molecule has 1 aromatic carbocycles.